The summed E-state index contributed by atoms with van der Waals surface area (Å²) in [5, 5.41) is 1.68. The van der Waals surface area contributed by atoms with Crippen LogP contribution in [0.25, 0.3) is 0 Å². The van der Waals surface area contributed by atoms with Crippen molar-refractivity contribution >= 4 is 33.2 Å². The molecule has 100 valence electrons. The van der Waals surface area contributed by atoms with Gasteiger partial charge in [-0.05, 0) is 37.3 Å². The van der Waals surface area contributed by atoms with Crippen LogP contribution in [-0.4, -0.2) is 12.6 Å². The minimum absolute atomic E-state index is 0.581. The maximum Gasteiger partial charge on any atom is 0.0467 e. The molecule has 1 aromatic carbocycles. The lowest BCUT2D eigenvalue weighted by Crippen LogP contribution is -2.46. The Morgan fingerprint density at radius 3 is 2.72 bits per heavy atom. The van der Waals surface area contributed by atoms with Gasteiger partial charge in [-0.1, -0.05) is 47.4 Å². The molecule has 1 fully saturated rings. The Bertz CT molecular complexity index is 421. The van der Waals surface area contributed by atoms with Crippen LogP contribution in [-0.2, 0) is 5.33 Å². The molecule has 1 heterocycles. The molecule has 0 bridgehead atoms. The molecule has 0 saturated carbocycles. The van der Waals surface area contributed by atoms with Crippen molar-refractivity contribution in [1.82, 2.24) is 0 Å². The maximum atomic E-state index is 6.31. The molecule has 0 radical (unpaired) electrons. The Kier molecular flexibility index (Phi) is 4.60. The lowest BCUT2D eigenvalue weighted by molar-refractivity contribution is 0.297. The van der Waals surface area contributed by atoms with Crippen LogP contribution < -0.4 is 4.90 Å². The van der Waals surface area contributed by atoms with Gasteiger partial charge in [0.25, 0.3) is 0 Å². The third-order valence-electron chi connectivity index (χ3n) is 4.13. The molecule has 1 saturated heterocycles. The summed E-state index contributed by atoms with van der Waals surface area (Å²) in [6.45, 7) is 8.15. The van der Waals surface area contributed by atoms with Crippen molar-refractivity contribution in [2.45, 2.75) is 38.6 Å². The second-order valence-electron chi connectivity index (χ2n) is 5.58. The lowest BCUT2D eigenvalue weighted by Gasteiger charge is -2.43. The van der Waals surface area contributed by atoms with E-state index >= 15 is 0 Å². The van der Waals surface area contributed by atoms with Gasteiger partial charge in [-0.15, -0.1) is 0 Å². The van der Waals surface area contributed by atoms with E-state index in [1.807, 2.05) is 6.07 Å². The van der Waals surface area contributed by atoms with Crippen LogP contribution >= 0.6 is 27.5 Å². The monoisotopic (exact) mass is 329 g/mol. The number of halogens is 2. The van der Waals surface area contributed by atoms with E-state index in [4.69, 9.17) is 11.6 Å². The first-order valence-corrected chi connectivity index (χ1v) is 8.14. The van der Waals surface area contributed by atoms with E-state index in [9.17, 15) is 0 Å². The van der Waals surface area contributed by atoms with Crippen LogP contribution in [0.5, 0.6) is 0 Å². The van der Waals surface area contributed by atoms with Crippen LogP contribution in [0.1, 0.15) is 32.8 Å². The van der Waals surface area contributed by atoms with Crippen LogP contribution in [0, 0.1) is 11.8 Å². The zero-order valence-corrected chi connectivity index (χ0v) is 13.6. The lowest BCUT2D eigenvalue weighted by atomic mass is 9.85. The number of hydrogen-bond donors (Lipinski definition) is 0. The van der Waals surface area contributed by atoms with Crippen molar-refractivity contribution in [1.29, 1.82) is 0 Å². The van der Waals surface area contributed by atoms with E-state index in [1.165, 1.54) is 17.7 Å². The Labute approximate surface area is 124 Å². The third-order valence-corrected chi connectivity index (χ3v) is 5.05. The fourth-order valence-corrected chi connectivity index (χ4v) is 3.97. The highest BCUT2D eigenvalue weighted by atomic mass is 79.9. The van der Waals surface area contributed by atoms with Crippen molar-refractivity contribution in [3.05, 3.63) is 28.8 Å². The molecule has 0 aliphatic carbocycles. The molecule has 3 heteroatoms. The van der Waals surface area contributed by atoms with Crippen LogP contribution in [0.3, 0.4) is 0 Å². The van der Waals surface area contributed by atoms with Crippen LogP contribution in [0.2, 0.25) is 5.02 Å². The predicted molar refractivity (Wildman–Crippen MR) is 83.8 cm³/mol. The highest BCUT2D eigenvalue weighted by Gasteiger charge is 2.30. The van der Waals surface area contributed by atoms with E-state index in [0.717, 1.165) is 28.7 Å². The molecule has 0 amide bonds. The number of alkyl halides is 1. The summed E-state index contributed by atoms with van der Waals surface area (Å²) in [6.07, 6.45) is 1.32. The summed E-state index contributed by atoms with van der Waals surface area (Å²) in [7, 11) is 0. The summed E-state index contributed by atoms with van der Waals surface area (Å²) in [5.74, 6) is 1.48. The molecule has 3 atom stereocenters. The molecular weight excluding hydrogens is 310 g/mol. The standard InChI is InChI=1S/C15H21BrClN/c1-10-7-11(2)12(3)18(9-10)15-6-4-5-14(17)13(15)8-16/h4-6,10-12H,7-9H2,1-3H3. The molecule has 0 aromatic heterocycles. The quantitative estimate of drug-likeness (QED) is 0.681. The number of hydrogen-bond acceptors (Lipinski definition) is 1. The van der Waals surface area contributed by atoms with Gasteiger partial charge in [-0.25, -0.2) is 0 Å². The van der Waals surface area contributed by atoms with E-state index in [2.05, 4.69) is 53.7 Å². The number of benzene rings is 1. The molecule has 0 spiro atoms. The summed E-state index contributed by atoms with van der Waals surface area (Å²) in [5.41, 5.74) is 2.51. The summed E-state index contributed by atoms with van der Waals surface area (Å²) < 4.78 is 0. The summed E-state index contributed by atoms with van der Waals surface area (Å²) in [4.78, 5) is 2.53. The molecule has 0 N–H and O–H groups in total. The fraction of sp³-hybridized carbons (Fsp3) is 0.600. The normalized spacial score (nSPS) is 28.5. The molecule has 18 heavy (non-hydrogen) atoms. The van der Waals surface area contributed by atoms with Gasteiger partial charge >= 0.3 is 0 Å². The predicted octanol–water partition coefficient (Wildman–Crippen LogP) is 5.11. The van der Waals surface area contributed by atoms with Gasteiger partial charge in [0.2, 0.25) is 0 Å². The van der Waals surface area contributed by atoms with E-state index < -0.39 is 0 Å². The second kappa shape index (κ2) is 5.83. The zero-order chi connectivity index (χ0) is 13.3. The average molecular weight is 331 g/mol. The second-order valence-corrected chi connectivity index (χ2v) is 6.55. The molecule has 2 rings (SSSR count). The van der Waals surface area contributed by atoms with E-state index in [1.54, 1.807) is 0 Å². The third kappa shape index (κ3) is 2.70. The van der Waals surface area contributed by atoms with Crippen molar-refractivity contribution < 1.29 is 0 Å². The number of rotatable bonds is 2. The van der Waals surface area contributed by atoms with Crippen molar-refractivity contribution in [3.8, 4) is 0 Å². The highest BCUT2D eigenvalue weighted by molar-refractivity contribution is 9.08. The van der Waals surface area contributed by atoms with Crippen molar-refractivity contribution in [2.75, 3.05) is 11.4 Å². The van der Waals surface area contributed by atoms with Gasteiger partial charge in [0.15, 0.2) is 0 Å². The number of piperidine rings is 1. The van der Waals surface area contributed by atoms with Gasteiger partial charge < -0.3 is 4.90 Å². The van der Waals surface area contributed by atoms with Crippen LogP contribution in [0.4, 0.5) is 5.69 Å². The molecule has 1 aromatic rings. The minimum atomic E-state index is 0.581. The van der Waals surface area contributed by atoms with Gasteiger partial charge in [-0.2, -0.15) is 0 Å². The first-order chi connectivity index (χ1) is 8.54. The Morgan fingerprint density at radius 1 is 1.33 bits per heavy atom. The van der Waals surface area contributed by atoms with Crippen LogP contribution in [0.15, 0.2) is 18.2 Å². The molecule has 1 aliphatic rings. The van der Waals surface area contributed by atoms with Crippen molar-refractivity contribution in [2.24, 2.45) is 11.8 Å². The van der Waals surface area contributed by atoms with Gasteiger partial charge in [-0.3, -0.25) is 0 Å². The van der Waals surface area contributed by atoms with Gasteiger partial charge in [0.05, 0.1) is 0 Å². The molecule has 3 unspecified atom stereocenters. The largest absolute Gasteiger partial charge is 0.368 e. The molecule has 1 nitrogen and oxygen atoms in total. The Hall–Kier alpha value is -0.210. The summed E-state index contributed by atoms with van der Waals surface area (Å²) >= 11 is 9.88. The first kappa shape index (κ1) is 14.2. The maximum absolute atomic E-state index is 6.31. The Balaban J connectivity index is 2.38. The Morgan fingerprint density at radius 2 is 2.06 bits per heavy atom. The summed E-state index contributed by atoms with van der Waals surface area (Å²) in [6, 6.07) is 6.81. The molecular formula is C15H21BrClN. The number of nitrogens with zero attached hydrogens (tertiary/aromatic N) is 1. The first-order valence-electron chi connectivity index (χ1n) is 6.64. The highest BCUT2D eigenvalue weighted by Crippen LogP contribution is 2.36. The smallest absolute Gasteiger partial charge is 0.0467 e. The van der Waals surface area contributed by atoms with Gasteiger partial charge in [0.1, 0.15) is 0 Å². The SMILES string of the molecule is CC1CC(C)C(C)N(c2cccc(Cl)c2CBr)C1. The zero-order valence-electron chi connectivity index (χ0n) is 11.3. The number of anilines is 1. The van der Waals surface area contributed by atoms with Gasteiger partial charge in [0, 0.05) is 34.2 Å². The molecule has 1 aliphatic heterocycles. The average Bonchev–Trinajstić information content (AvgIpc) is 2.33. The topological polar surface area (TPSA) is 3.24 Å². The van der Waals surface area contributed by atoms with E-state index in [-0.39, 0.29) is 0 Å². The fourth-order valence-electron chi connectivity index (χ4n) is 2.98. The van der Waals surface area contributed by atoms with Crippen molar-refractivity contribution in [3.63, 3.8) is 0 Å². The van der Waals surface area contributed by atoms with E-state index in [0.29, 0.717) is 6.04 Å². The minimum Gasteiger partial charge on any atom is -0.368 e.